The van der Waals surface area contributed by atoms with Crippen LogP contribution >= 0.6 is 11.8 Å². The molecule has 0 aliphatic carbocycles. The highest BCUT2D eigenvalue weighted by molar-refractivity contribution is 7.99. The number of carbonyl (C=O) groups excluding carboxylic acids is 1. The summed E-state index contributed by atoms with van der Waals surface area (Å²) in [6.45, 7) is 4.38. The number of ether oxygens (including phenoxy) is 1. The lowest BCUT2D eigenvalue weighted by Gasteiger charge is -2.14. The van der Waals surface area contributed by atoms with E-state index in [4.69, 9.17) is 9.84 Å². The van der Waals surface area contributed by atoms with Crippen molar-refractivity contribution in [2.24, 2.45) is 0 Å². The predicted molar refractivity (Wildman–Crippen MR) is 84.1 cm³/mol. The van der Waals surface area contributed by atoms with E-state index in [1.807, 2.05) is 13.8 Å². The fraction of sp³-hybridized carbons (Fsp3) is 0.467. The quantitative estimate of drug-likeness (QED) is 0.685. The molecule has 1 rings (SSSR count). The van der Waals surface area contributed by atoms with Crippen LogP contribution in [-0.4, -0.2) is 41.1 Å². The maximum atomic E-state index is 12.1. The predicted octanol–water partition coefficient (Wildman–Crippen LogP) is 2.41. The van der Waals surface area contributed by atoms with Crippen LogP contribution in [0.15, 0.2) is 24.3 Å². The fourth-order valence-corrected chi connectivity index (χ4v) is 2.43. The molecule has 2 N–H and O–H groups in total. The molecule has 0 radical (unpaired) electrons. The van der Waals surface area contributed by atoms with E-state index < -0.39 is 17.9 Å². The first-order valence-corrected chi connectivity index (χ1v) is 8.08. The number of hydrogen-bond acceptors (Lipinski definition) is 4. The SMILES string of the molecule is CCOc1cccc(C(=O)NC(CCSCC)C(=O)O)c1. The number of amides is 1. The summed E-state index contributed by atoms with van der Waals surface area (Å²) in [6.07, 6.45) is 0.407. The van der Waals surface area contributed by atoms with Crippen LogP contribution in [0.1, 0.15) is 30.6 Å². The molecule has 116 valence electrons. The Hall–Kier alpha value is -1.69. The molecule has 0 aliphatic rings. The van der Waals surface area contributed by atoms with Gasteiger partial charge in [0, 0.05) is 5.56 Å². The maximum Gasteiger partial charge on any atom is 0.326 e. The van der Waals surface area contributed by atoms with Crippen LogP contribution in [0.5, 0.6) is 5.75 Å². The number of carboxylic acid groups (broad SMARTS) is 1. The number of rotatable bonds is 9. The first-order chi connectivity index (χ1) is 10.1. The number of nitrogens with one attached hydrogen (secondary N) is 1. The Morgan fingerprint density at radius 1 is 1.38 bits per heavy atom. The number of benzene rings is 1. The van der Waals surface area contributed by atoms with Crippen molar-refractivity contribution >= 4 is 23.6 Å². The zero-order valence-corrected chi connectivity index (χ0v) is 13.1. The number of thioether (sulfide) groups is 1. The van der Waals surface area contributed by atoms with Crippen LogP contribution in [0.2, 0.25) is 0 Å². The fourth-order valence-electron chi connectivity index (χ4n) is 1.74. The third kappa shape index (κ3) is 6.08. The average Bonchev–Trinajstić information content (AvgIpc) is 2.46. The zero-order valence-electron chi connectivity index (χ0n) is 12.3. The highest BCUT2D eigenvalue weighted by atomic mass is 32.2. The van der Waals surface area contributed by atoms with Crippen LogP contribution < -0.4 is 10.1 Å². The van der Waals surface area contributed by atoms with Gasteiger partial charge in [-0.05, 0) is 43.0 Å². The van der Waals surface area contributed by atoms with Gasteiger partial charge in [0.25, 0.3) is 5.91 Å². The molecule has 0 spiro atoms. The Kier molecular flexibility index (Phi) is 7.68. The van der Waals surface area contributed by atoms with E-state index in [-0.39, 0.29) is 0 Å². The van der Waals surface area contributed by atoms with Gasteiger partial charge in [-0.2, -0.15) is 11.8 Å². The van der Waals surface area contributed by atoms with E-state index in [2.05, 4.69) is 5.32 Å². The molecule has 0 saturated carbocycles. The Morgan fingerprint density at radius 2 is 2.14 bits per heavy atom. The van der Waals surface area contributed by atoms with Gasteiger partial charge in [0.15, 0.2) is 0 Å². The monoisotopic (exact) mass is 311 g/mol. The molecule has 1 unspecified atom stereocenters. The second-order valence-corrected chi connectivity index (χ2v) is 5.70. The normalized spacial score (nSPS) is 11.7. The third-order valence-corrected chi connectivity index (χ3v) is 3.70. The van der Waals surface area contributed by atoms with E-state index >= 15 is 0 Å². The van der Waals surface area contributed by atoms with Crippen LogP contribution in [0.25, 0.3) is 0 Å². The lowest BCUT2D eigenvalue weighted by molar-refractivity contribution is -0.139. The van der Waals surface area contributed by atoms with E-state index in [0.29, 0.717) is 30.1 Å². The van der Waals surface area contributed by atoms with Crippen LogP contribution in [0.4, 0.5) is 0 Å². The van der Waals surface area contributed by atoms with E-state index in [1.165, 1.54) is 0 Å². The van der Waals surface area contributed by atoms with Crippen molar-refractivity contribution in [3.05, 3.63) is 29.8 Å². The maximum absolute atomic E-state index is 12.1. The van der Waals surface area contributed by atoms with Gasteiger partial charge in [-0.25, -0.2) is 4.79 Å². The molecule has 1 amide bonds. The van der Waals surface area contributed by atoms with Gasteiger partial charge in [0.1, 0.15) is 11.8 Å². The summed E-state index contributed by atoms with van der Waals surface area (Å²) in [6, 6.07) is 5.85. The van der Waals surface area contributed by atoms with E-state index in [0.717, 1.165) is 5.75 Å². The minimum Gasteiger partial charge on any atom is -0.494 e. The summed E-state index contributed by atoms with van der Waals surface area (Å²) in [5.41, 5.74) is 0.398. The van der Waals surface area contributed by atoms with Gasteiger partial charge >= 0.3 is 5.97 Å². The van der Waals surface area contributed by atoms with Crippen molar-refractivity contribution in [3.8, 4) is 5.75 Å². The smallest absolute Gasteiger partial charge is 0.326 e. The van der Waals surface area contributed by atoms with Gasteiger partial charge in [-0.3, -0.25) is 4.79 Å². The van der Waals surface area contributed by atoms with Gasteiger partial charge < -0.3 is 15.2 Å². The van der Waals surface area contributed by atoms with Crippen molar-refractivity contribution in [2.75, 3.05) is 18.1 Å². The molecular formula is C15H21NO4S. The third-order valence-electron chi connectivity index (χ3n) is 2.77. The minimum atomic E-state index is -1.01. The van der Waals surface area contributed by atoms with E-state index in [9.17, 15) is 9.59 Å². The summed E-state index contributed by atoms with van der Waals surface area (Å²) >= 11 is 1.65. The van der Waals surface area contributed by atoms with Crippen LogP contribution in [0.3, 0.4) is 0 Å². The van der Waals surface area contributed by atoms with Crippen LogP contribution in [0, 0.1) is 0 Å². The van der Waals surface area contributed by atoms with Crippen molar-refractivity contribution in [1.29, 1.82) is 0 Å². The molecule has 5 nitrogen and oxygen atoms in total. The Balaban J connectivity index is 2.68. The largest absolute Gasteiger partial charge is 0.494 e. The lowest BCUT2D eigenvalue weighted by Crippen LogP contribution is -2.41. The zero-order chi connectivity index (χ0) is 15.7. The van der Waals surface area contributed by atoms with Crippen molar-refractivity contribution in [3.63, 3.8) is 0 Å². The standard InChI is InChI=1S/C15H21NO4S/c1-3-20-12-7-5-6-11(10-12)14(17)16-13(15(18)19)8-9-21-4-2/h5-7,10,13H,3-4,8-9H2,1-2H3,(H,16,17)(H,18,19). The van der Waals surface area contributed by atoms with Crippen molar-refractivity contribution in [2.45, 2.75) is 26.3 Å². The highest BCUT2D eigenvalue weighted by Gasteiger charge is 2.20. The molecule has 1 atom stereocenters. The number of carboxylic acids is 1. The molecular weight excluding hydrogens is 290 g/mol. The highest BCUT2D eigenvalue weighted by Crippen LogP contribution is 2.14. The minimum absolute atomic E-state index is 0.398. The van der Waals surface area contributed by atoms with Crippen molar-refractivity contribution < 1.29 is 19.4 Å². The molecule has 6 heteroatoms. The van der Waals surface area contributed by atoms with Gasteiger partial charge in [0.2, 0.25) is 0 Å². The topological polar surface area (TPSA) is 75.6 Å². The van der Waals surface area contributed by atoms with Gasteiger partial charge in [-0.15, -0.1) is 0 Å². The number of hydrogen-bond donors (Lipinski definition) is 2. The molecule has 21 heavy (non-hydrogen) atoms. The first kappa shape index (κ1) is 17.4. The molecule has 0 heterocycles. The molecule has 0 aliphatic heterocycles. The summed E-state index contributed by atoms with van der Waals surface area (Å²) in [4.78, 5) is 23.3. The van der Waals surface area contributed by atoms with Crippen molar-refractivity contribution in [1.82, 2.24) is 5.32 Å². The number of aliphatic carboxylic acids is 1. The Morgan fingerprint density at radius 3 is 2.76 bits per heavy atom. The Labute approximate surface area is 129 Å². The second-order valence-electron chi connectivity index (χ2n) is 4.31. The first-order valence-electron chi connectivity index (χ1n) is 6.92. The molecule has 0 saturated heterocycles. The van der Waals surface area contributed by atoms with Gasteiger partial charge in [-0.1, -0.05) is 13.0 Å². The lowest BCUT2D eigenvalue weighted by atomic mass is 10.1. The summed E-state index contributed by atoms with van der Waals surface area (Å²) in [5.74, 6) is 0.814. The second kappa shape index (κ2) is 9.28. The average molecular weight is 311 g/mol. The molecule has 1 aromatic rings. The van der Waals surface area contributed by atoms with Gasteiger partial charge in [0.05, 0.1) is 6.61 Å². The summed E-state index contributed by atoms with van der Waals surface area (Å²) in [5, 5.41) is 11.7. The van der Waals surface area contributed by atoms with E-state index in [1.54, 1.807) is 36.0 Å². The molecule has 0 bridgehead atoms. The Bertz CT molecular complexity index is 478. The summed E-state index contributed by atoms with van der Waals surface area (Å²) < 4.78 is 5.33. The number of carbonyl (C=O) groups is 2. The summed E-state index contributed by atoms with van der Waals surface area (Å²) in [7, 11) is 0. The van der Waals surface area contributed by atoms with Crippen LogP contribution in [-0.2, 0) is 4.79 Å². The molecule has 1 aromatic carbocycles. The molecule has 0 fully saturated rings. The molecule has 0 aromatic heterocycles.